The van der Waals surface area contributed by atoms with E-state index in [-0.39, 0.29) is 40.7 Å². The molecule has 3 saturated heterocycles. The highest BCUT2D eigenvalue weighted by Gasteiger charge is 2.53. The van der Waals surface area contributed by atoms with Gasteiger partial charge in [0.05, 0.1) is 30.4 Å². The van der Waals surface area contributed by atoms with Crippen LogP contribution in [-0.2, 0) is 46.4 Å². The number of ketones is 1. The molecule has 4 aliphatic heterocycles. The van der Waals surface area contributed by atoms with Crippen molar-refractivity contribution < 1.29 is 46.2 Å². The molecule has 3 fully saturated rings. The van der Waals surface area contributed by atoms with Crippen LogP contribution in [0.15, 0.2) is 28.4 Å². The number of carbonyl (C=O) groups is 1. The summed E-state index contributed by atoms with van der Waals surface area (Å²) in [5, 5.41) is -2.11. The minimum absolute atomic E-state index is 0.0143. The van der Waals surface area contributed by atoms with Crippen LogP contribution in [-0.4, -0.2) is 95.0 Å². The maximum atomic E-state index is 16.0. The number of fused-ring (bicyclic) bond motifs is 5. The van der Waals surface area contributed by atoms with E-state index >= 15 is 8.78 Å². The topological polar surface area (TPSA) is 211 Å². The molecule has 16 nitrogen and oxygen atoms in total. The van der Waals surface area contributed by atoms with E-state index < -0.39 is 79.7 Å². The Balaban J connectivity index is 1.20. The number of aliphatic imine (C=N–C) groups is 1. The van der Waals surface area contributed by atoms with Crippen LogP contribution >= 0.6 is 25.2 Å². The van der Waals surface area contributed by atoms with Crippen LogP contribution in [0.25, 0.3) is 11.2 Å². The number of nitrogens with zero attached hydrogens (tertiary/aromatic N) is 5. The molecule has 0 amide bonds. The molecule has 7 rings (SSSR count). The van der Waals surface area contributed by atoms with Gasteiger partial charge in [0, 0.05) is 18.8 Å². The lowest BCUT2D eigenvalue weighted by Gasteiger charge is -2.27. The van der Waals surface area contributed by atoms with Crippen LogP contribution < -0.4 is 11.3 Å². The lowest BCUT2D eigenvalue weighted by molar-refractivity contribution is -0.0446. The monoisotopic (exact) mass is 725 g/mol. The third-order valence-electron chi connectivity index (χ3n) is 7.52. The van der Waals surface area contributed by atoms with Gasteiger partial charge in [0.2, 0.25) is 5.95 Å². The number of nitrogen functional groups attached to an aromatic ring is 1. The van der Waals surface area contributed by atoms with Gasteiger partial charge in [-0.3, -0.25) is 28.2 Å². The number of aromatic nitrogens is 5. The van der Waals surface area contributed by atoms with Crippen molar-refractivity contribution in [3.05, 3.63) is 34.5 Å². The Kier molecular flexibility index (Phi) is 8.15. The Hall–Kier alpha value is -2.00. The number of H-pyrrole nitrogens is 1. The summed E-state index contributed by atoms with van der Waals surface area (Å²) >= 11 is 11.3. The number of Topliss-reactive ketones (excluding diaryl/α,β-unsaturated/α-hetero) is 1. The Labute approximate surface area is 265 Å². The number of halogens is 2. The van der Waals surface area contributed by atoms with Gasteiger partial charge in [0.25, 0.3) is 5.56 Å². The summed E-state index contributed by atoms with van der Waals surface area (Å²) in [5.74, 6) is -0.252. The van der Waals surface area contributed by atoms with Crippen LogP contribution in [0.4, 0.5) is 20.5 Å². The van der Waals surface area contributed by atoms with Crippen molar-refractivity contribution in [2.75, 3.05) is 18.9 Å². The number of alkyl halides is 2. The molecule has 3 aromatic heterocycles. The highest BCUT2D eigenvalue weighted by molar-refractivity contribution is 8.07. The molecule has 5 N–H and O–H groups in total. The van der Waals surface area contributed by atoms with E-state index in [0.717, 1.165) is 11.8 Å². The minimum atomic E-state index is -4.28. The van der Waals surface area contributed by atoms with Gasteiger partial charge >= 0.3 is 13.4 Å². The maximum Gasteiger partial charge on any atom is 0.325 e. The second-order valence-corrected chi connectivity index (χ2v) is 17.3. The van der Waals surface area contributed by atoms with Gasteiger partial charge in [-0.2, -0.15) is 4.98 Å². The van der Waals surface area contributed by atoms with Crippen molar-refractivity contribution in [1.29, 1.82) is 0 Å². The third-order valence-corrected chi connectivity index (χ3v) is 12.2. The highest BCUT2D eigenvalue weighted by Crippen LogP contribution is 2.57. The molecular weight excluding hydrogens is 702 g/mol. The van der Waals surface area contributed by atoms with Crippen molar-refractivity contribution in [2.45, 2.75) is 53.9 Å². The predicted octanol–water partition coefficient (Wildman–Crippen LogP) is 1.93. The number of aromatic amines is 1. The number of nitrogens with two attached hydrogens (primary N) is 1. The Morgan fingerprint density at radius 3 is 2.60 bits per heavy atom. The zero-order valence-electron chi connectivity index (χ0n) is 22.5. The first-order valence-electron chi connectivity index (χ1n) is 13.2. The summed E-state index contributed by atoms with van der Waals surface area (Å²) in [6.45, 7) is -9.67. The van der Waals surface area contributed by atoms with Gasteiger partial charge in [0.15, 0.2) is 29.3 Å². The quantitative estimate of drug-likeness (QED) is 0.278. The molecule has 0 spiro atoms. The molecule has 2 bridgehead atoms. The van der Waals surface area contributed by atoms with Gasteiger partial charge in [-0.05, 0) is 29.7 Å². The Bertz CT molecular complexity index is 1880. The molecule has 45 heavy (non-hydrogen) atoms. The standard InChI is InChI=1S/C22H23F2N7O9P2S3/c23-12-11-6-37-42(35,44)39-15-10(38-20(13(15)24)30-4-2-8-9(32)1-3-26-17(8)30)5-36-41(34,43)40-16(12)21(45-11)31-7-27-14-18(31)28-22(25)29-19(14)33/h2-4,7,10-13,15-16,20-21H,1,5-6H2,(H,34,43)(H,35,44)(H3,25,28,29,33)/t10-,11-,12-,13+,15-,16-,20-,21-,41?,42?/m1/s1. The van der Waals surface area contributed by atoms with Gasteiger partial charge in [-0.25, -0.2) is 18.8 Å². The molecular formula is C22H23F2N7O9P2S3. The second kappa shape index (κ2) is 11.6. The highest BCUT2D eigenvalue weighted by atomic mass is 32.5. The summed E-state index contributed by atoms with van der Waals surface area (Å²) in [4.78, 5) is 61.3. The van der Waals surface area contributed by atoms with Gasteiger partial charge in [0.1, 0.15) is 35.7 Å². The number of nitrogens with one attached hydrogen (secondary N) is 1. The van der Waals surface area contributed by atoms with Gasteiger partial charge < -0.3 is 33.9 Å². The number of hydrogen-bond acceptors (Lipinski definition) is 14. The number of thioether (sulfide) groups is 1. The van der Waals surface area contributed by atoms with Gasteiger partial charge in [-0.15, -0.1) is 11.8 Å². The summed E-state index contributed by atoms with van der Waals surface area (Å²) in [6.07, 6.45) is -5.55. The van der Waals surface area contributed by atoms with Crippen LogP contribution in [0.1, 0.15) is 28.4 Å². The molecule has 0 radical (unpaired) electrons. The average molecular weight is 726 g/mol. The molecule has 7 heterocycles. The molecule has 2 unspecified atom stereocenters. The summed E-state index contributed by atoms with van der Waals surface area (Å²) in [7, 11) is 0. The van der Waals surface area contributed by atoms with E-state index in [2.05, 4.69) is 19.9 Å². The lowest BCUT2D eigenvalue weighted by atomic mass is 10.1. The fourth-order valence-electron chi connectivity index (χ4n) is 5.50. The fraction of sp³-hybridized carbons (Fsp3) is 0.500. The van der Waals surface area contributed by atoms with E-state index in [1.807, 2.05) is 0 Å². The zero-order valence-corrected chi connectivity index (χ0v) is 26.7. The third kappa shape index (κ3) is 5.76. The first-order chi connectivity index (χ1) is 21.3. The number of hydrogen-bond donors (Lipinski definition) is 4. The van der Waals surface area contributed by atoms with Crippen LogP contribution in [0.5, 0.6) is 0 Å². The van der Waals surface area contributed by atoms with E-state index in [9.17, 15) is 19.4 Å². The van der Waals surface area contributed by atoms with E-state index in [4.69, 9.17) is 52.2 Å². The predicted molar refractivity (Wildman–Crippen MR) is 163 cm³/mol. The largest absolute Gasteiger partial charge is 0.369 e. The minimum Gasteiger partial charge on any atom is -0.369 e. The fourth-order valence-corrected chi connectivity index (χ4v) is 10.0. The first-order valence-corrected chi connectivity index (χ1v) is 19.3. The van der Waals surface area contributed by atoms with Crippen molar-refractivity contribution >= 4 is 83.7 Å². The number of ether oxygens (including phenoxy) is 1. The SMILES string of the molecule is Nc1nc2c(ncn2[C@@H]2S[C@@H]3COP(O)(=S)O[C@H]4[C@H](F)[C@H](n5ccc6c5N=CCC6=O)O[C@@H]4COP(O)(=S)O[C@@H]2[C@@H]3F)c(=O)[nH]1. The molecule has 3 aromatic rings. The van der Waals surface area contributed by atoms with Crippen LogP contribution in [0, 0.1) is 0 Å². The molecule has 23 heteroatoms. The normalized spacial score (nSPS) is 38.8. The van der Waals surface area contributed by atoms with E-state index in [1.165, 1.54) is 33.9 Å². The van der Waals surface area contributed by atoms with E-state index in [1.54, 1.807) is 0 Å². The van der Waals surface area contributed by atoms with Crippen molar-refractivity contribution in [3.63, 3.8) is 0 Å². The summed E-state index contributed by atoms with van der Waals surface area (Å²) < 4.78 is 62.8. The first kappa shape index (κ1) is 31.6. The smallest absolute Gasteiger partial charge is 0.325 e. The summed E-state index contributed by atoms with van der Waals surface area (Å²) in [6, 6.07) is 1.48. The van der Waals surface area contributed by atoms with Crippen molar-refractivity contribution in [1.82, 2.24) is 24.1 Å². The number of carbonyl (C=O) groups excluding carboxylic acids is 1. The van der Waals surface area contributed by atoms with Crippen molar-refractivity contribution in [3.8, 4) is 0 Å². The van der Waals surface area contributed by atoms with Crippen molar-refractivity contribution in [2.24, 2.45) is 4.99 Å². The molecule has 0 aliphatic carbocycles. The van der Waals surface area contributed by atoms with E-state index in [0.29, 0.717) is 0 Å². The van der Waals surface area contributed by atoms with Gasteiger partial charge in [-0.1, -0.05) is 0 Å². The molecule has 4 aliphatic rings. The summed E-state index contributed by atoms with van der Waals surface area (Å²) in [5.41, 5.74) is 5.30. The molecule has 242 valence electrons. The number of rotatable bonds is 2. The van der Waals surface area contributed by atoms with Crippen LogP contribution in [0.3, 0.4) is 0 Å². The average Bonchev–Trinajstić information content (AvgIpc) is 3.72. The molecule has 0 aromatic carbocycles. The zero-order chi connectivity index (χ0) is 31.8. The number of anilines is 1. The second-order valence-electron chi connectivity index (χ2n) is 10.4. The number of imidazole rings is 1. The Morgan fingerprint density at radius 1 is 1.09 bits per heavy atom. The molecule has 10 atom stereocenters. The van der Waals surface area contributed by atoms with Crippen LogP contribution in [0.2, 0.25) is 0 Å². The molecule has 0 saturated carbocycles. The Morgan fingerprint density at radius 2 is 1.82 bits per heavy atom. The maximum absolute atomic E-state index is 16.0. The lowest BCUT2D eigenvalue weighted by Crippen LogP contribution is -2.34.